The summed E-state index contributed by atoms with van der Waals surface area (Å²) < 4.78 is 10.7. The van der Waals surface area contributed by atoms with Crippen LogP contribution < -0.4 is 16.4 Å². The predicted octanol–water partition coefficient (Wildman–Crippen LogP) is 2.69. The topological polar surface area (TPSA) is 98.5 Å². The van der Waals surface area contributed by atoms with Gasteiger partial charge in [0, 0.05) is 23.7 Å². The molecule has 0 radical (unpaired) electrons. The fraction of sp³-hybridized carbons (Fsp3) is 0.474. The lowest BCUT2D eigenvalue weighted by Gasteiger charge is -2.16. The number of ether oxygens (including phenoxy) is 2. The van der Waals surface area contributed by atoms with E-state index in [-0.39, 0.29) is 5.91 Å². The van der Waals surface area contributed by atoms with Crippen LogP contribution in [-0.2, 0) is 20.8 Å². The number of para-hydroxylation sites is 1. The van der Waals surface area contributed by atoms with E-state index in [4.69, 9.17) is 15.2 Å². The number of hydrogen-bond donors (Lipinski definition) is 3. The van der Waals surface area contributed by atoms with Crippen LogP contribution in [0, 0.1) is 13.8 Å². The molecule has 1 aromatic heterocycles. The molecule has 7 nitrogen and oxygen atoms in total. The standard InChI is InChI=1S/C19H28N4O3S/c1-13-15(3)27-19(22-13)21-12-16-6-4-5-7-17(16)23-18(24)14(2)26-11-10-25-9-8-20/h4-7,14H,8-12,20H2,1-3H3,(H,21,22)(H,23,24). The number of nitrogens with zero attached hydrogens (tertiary/aromatic N) is 1. The van der Waals surface area contributed by atoms with E-state index in [1.54, 1.807) is 18.3 Å². The molecule has 1 aromatic carbocycles. The Morgan fingerprint density at radius 1 is 1.26 bits per heavy atom. The molecule has 0 aliphatic rings. The number of hydrogen-bond acceptors (Lipinski definition) is 7. The molecule has 0 saturated heterocycles. The number of carbonyl (C=O) groups is 1. The van der Waals surface area contributed by atoms with E-state index in [1.807, 2.05) is 31.2 Å². The van der Waals surface area contributed by atoms with Gasteiger partial charge in [-0.05, 0) is 32.4 Å². The third kappa shape index (κ3) is 6.91. The molecule has 1 unspecified atom stereocenters. The molecule has 27 heavy (non-hydrogen) atoms. The van der Waals surface area contributed by atoms with E-state index in [2.05, 4.69) is 22.5 Å². The van der Waals surface area contributed by atoms with Gasteiger partial charge in [0.25, 0.3) is 5.91 Å². The van der Waals surface area contributed by atoms with Crippen molar-refractivity contribution in [2.24, 2.45) is 5.73 Å². The molecule has 2 aromatic rings. The monoisotopic (exact) mass is 392 g/mol. The number of amides is 1. The molecule has 1 amide bonds. The lowest BCUT2D eigenvalue weighted by atomic mass is 10.1. The molecule has 4 N–H and O–H groups in total. The first-order valence-corrected chi connectivity index (χ1v) is 9.79. The molecule has 0 aliphatic carbocycles. The SMILES string of the molecule is Cc1nc(NCc2ccccc2NC(=O)C(C)OCCOCCN)sc1C. The Bertz CT molecular complexity index is 716. The highest BCUT2D eigenvalue weighted by atomic mass is 32.1. The second-order valence-corrected chi connectivity index (χ2v) is 7.28. The van der Waals surface area contributed by atoms with Gasteiger partial charge < -0.3 is 25.8 Å². The Kier molecular flexibility index (Phi) is 8.66. The lowest BCUT2D eigenvalue weighted by molar-refractivity contribution is -0.127. The van der Waals surface area contributed by atoms with E-state index in [1.165, 1.54) is 4.88 Å². The summed E-state index contributed by atoms with van der Waals surface area (Å²) in [5.74, 6) is -0.192. The Morgan fingerprint density at radius 3 is 2.74 bits per heavy atom. The van der Waals surface area contributed by atoms with Gasteiger partial charge in [0.15, 0.2) is 5.13 Å². The van der Waals surface area contributed by atoms with Crippen molar-refractivity contribution in [3.05, 3.63) is 40.4 Å². The second-order valence-electron chi connectivity index (χ2n) is 6.07. The number of carbonyl (C=O) groups excluding carboxylic acids is 1. The van der Waals surface area contributed by atoms with Gasteiger partial charge in [0.2, 0.25) is 0 Å². The van der Waals surface area contributed by atoms with Crippen LogP contribution in [-0.4, -0.2) is 43.4 Å². The molecule has 0 aliphatic heterocycles. The van der Waals surface area contributed by atoms with Gasteiger partial charge in [-0.25, -0.2) is 4.98 Å². The fourth-order valence-corrected chi connectivity index (χ4v) is 3.11. The van der Waals surface area contributed by atoms with Crippen molar-refractivity contribution < 1.29 is 14.3 Å². The molecular formula is C19H28N4O3S. The highest BCUT2D eigenvalue weighted by Gasteiger charge is 2.15. The Hall–Kier alpha value is -2.00. The second kappa shape index (κ2) is 11.0. The maximum atomic E-state index is 12.4. The zero-order valence-corrected chi connectivity index (χ0v) is 16.9. The highest BCUT2D eigenvalue weighted by molar-refractivity contribution is 7.15. The van der Waals surface area contributed by atoms with Gasteiger partial charge in [-0.3, -0.25) is 4.79 Å². The minimum absolute atomic E-state index is 0.192. The maximum Gasteiger partial charge on any atom is 0.253 e. The first-order valence-electron chi connectivity index (χ1n) is 8.97. The number of nitrogens with two attached hydrogens (primary N) is 1. The quantitative estimate of drug-likeness (QED) is 0.509. The Balaban J connectivity index is 1.87. The first kappa shape index (κ1) is 21.3. The molecule has 0 spiro atoms. The number of anilines is 2. The number of thiazole rings is 1. The predicted molar refractivity (Wildman–Crippen MR) is 109 cm³/mol. The van der Waals surface area contributed by atoms with Gasteiger partial charge in [-0.1, -0.05) is 18.2 Å². The van der Waals surface area contributed by atoms with E-state index in [0.717, 1.165) is 22.1 Å². The van der Waals surface area contributed by atoms with Crippen LogP contribution in [0.5, 0.6) is 0 Å². The van der Waals surface area contributed by atoms with Crippen LogP contribution >= 0.6 is 11.3 Å². The van der Waals surface area contributed by atoms with Crippen molar-refractivity contribution in [2.75, 3.05) is 37.0 Å². The number of aromatic nitrogens is 1. The molecule has 0 bridgehead atoms. The average Bonchev–Trinajstić information content (AvgIpc) is 2.98. The third-order valence-corrected chi connectivity index (χ3v) is 4.99. The Morgan fingerprint density at radius 2 is 2.04 bits per heavy atom. The molecule has 0 saturated carbocycles. The molecule has 8 heteroatoms. The smallest absolute Gasteiger partial charge is 0.253 e. The molecule has 0 fully saturated rings. The normalized spacial score (nSPS) is 12.0. The summed E-state index contributed by atoms with van der Waals surface area (Å²) >= 11 is 1.62. The zero-order valence-electron chi connectivity index (χ0n) is 16.1. The van der Waals surface area contributed by atoms with Crippen molar-refractivity contribution in [3.8, 4) is 0 Å². The van der Waals surface area contributed by atoms with Crippen molar-refractivity contribution in [2.45, 2.75) is 33.4 Å². The lowest BCUT2D eigenvalue weighted by Crippen LogP contribution is -2.29. The first-order chi connectivity index (χ1) is 13.0. The van der Waals surface area contributed by atoms with E-state index < -0.39 is 6.10 Å². The van der Waals surface area contributed by atoms with Crippen molar-refractivity contribution >= 4 is 28.1 Å². The summed E-state index contributed by atoms with van der Waals surface area (Å²) in [6, 6.07) is 7.69. The Labute approximate surface area is 164 Å². The van der Waals surface area contributed by atoms with Gasteiger partial charge in [0.1, 0.15) is 6.10 Å². The van der Waals surface area contributed by atoms with Crippen LogP contribution in [0.4, 0.5) is 10.8 Å². The van der Waals surface area contributed by atoms with Gasteiger partial charge in [0.05, 0.1) is 25.5 Å². The van der Waals surface area contributed by atoms with Crippen LogP contribution in [0.2, 0.25) is 0 Å². The van der Waals surface area contributed by atoms with E-state index >= 15 is 0 Å². The summed E-state index contributed by atoms with van der Waals surface area (Å²) in [5.41, 5.74) is 8.12. The third-order valence-electron chi connectivity index (χ3n) is 3.96. The molecular weight excluding hydrogens is 364 g/mol. The number of aryl methyl sites for hydroxylation is 2. The summed E-state index contributed by atoms with van der Waals surface area (Å²) in [6.07, 6.45) is -0.572. The number of benzene rings is 1. The summed E-state index contributed by atoms with van der Waals surface area (Å²) in [5, 5.41) is 7.13. The van der Waals surface area contributed by atoms with Crippen molar-refractivity contribution in [1.29, 1.82) is 0 Å². The van der Waals surface area contributed by atoms with E-state index in [0.29, 0.717) is 32.9 Å². The summed E-state index contributed by atoms with van der Waals surface area (Å²) in [6.45, 7) is 8.07. The van der Waals surface area contributed by atoms with Gasteiger partial charge in [-0.15, -0.1) is 11.3 Å². The van der Waals surface area contributed by atoms with Crippen LogP contribution in [0.1, 0.15) is 23.1 Å². The largest absolute Gasteiger partial charge is 0.378 e. The van der Waals surface area contributed by atoms with Crippen LogP contribution in [0.25, 0.3) is 0 Å². The fourth-order valence-electron chi connectivity index (χ4n) is 2.29. The molecule has 2 rings (SSSR count). The average molecular weight is 393 g/mol. The van der Waals surface area contributed by atoms with Gasteiger partial charge >= 0.3 is 0 Å². The molecule has 1 atom stereocenters. The maximum absolute atomic E-state index is 12.4. The zero-order chi connectivity index (χ0) is 19.6. The number of nitrogens with one attached hydrogen (secondary N) is 2. The van der Waals surface area contributed by atoms with Crippen LogP contribution in [0.15, 0.2) is 24.3 Å². The molecule has 1 heterocycles. The minimum Gasteiger partial charge on any atom is -0.378 e. The van der Waals surface area contributed by atoms with Crippen molar-refractivity contribution in [3.63, 3.8) is 0 Å². The number of rotatable bonds is 11. The minimum atomic E-state index is -0.572. The van der Waals surface area contributed by atoms with Gasteiger partial charge in [-0.2, -0.15) is 0 Å². The summed E-state index contributed by atoms with van der Waals surface area (Å²) in [4.78, 5) is 18.1. The van der Waals surface area contributed by atoms with Crippen LogP contribution in [0.3, 0.4) is 0 Å². The molecule has 148 valence electrons. The summed E-state index contributed by atoms with van der Waals surface area (Å²) in [7, 11) is 0. The van der Waals surface area contributed by atoms with Crippen molar-refractivity contribution in [1.82, 2.24) is 4.98 Å². The van der Waals surface area contributed by atoms with E-state index in [9.17, 15) is 4.79 Å². The highest BCUT2D eigenvalue weighted by Crippen LogP contribution is 2.23.